The molecule has 0 saturated carbocycles. The summed E-state index contributed by atoms with van der Waals surface area (Å²) in [7, 11) is 1.62. The van der Waals surface area contributed by atoms with Gasteiger partial charge in [0.2, 0.25) is 5.91 Å². The first kappa shape index (κ1) is 20.5. The number of fused-ring (bicyclic) bond motifs is 3. The van der Waals surface area contributed by atoms with Gasteiger partial charge in [-0.15, -0.1) is 0 Å². The number of hydrogen-bond donors (Lipinski definition) is 0. The van der Waals surface area contributed by atoms with E-state index in [4.69, 9.17) is 4.74 Å². The molecule has 4 heterocycles. The Balaban J connectivity index is 1.40. The molecule has 0 radical (unpaired) electrons. The summed E-state index contributed by atoms with van der Waals surface area (Å²) < 4.78 is 21.1. The molecule has 4 aromatic rings. The number of likely N-dealkylation sites (tertiary alicyclic amines) is 1. The van der Waals surface area contributed by atoms with Crippen LogP contribution in [0.15, 0.2) is 61.6 Å². The Morgan fingerprint density at radius 2 is 2.06 bits per heavy atom. The summed E-state index contributed by atoms with van der Waals surface area (Å²) in [4.78, 5) is 29.3. The Hall–Kier alpha value is -4.07. The van der Waals surface area contributed by atoms with Crippen molar-refractivity contribution in [2.45, 2.75) is 18.5 Å². The molecule has 2 aliphatic rings. The zero-order chi connectivity index (χ0) is 23.4. The Kier molecular flexibility index (Phi) is 4.69. The van der Waals surface area contributed by atoms with Crippen molar-refractivity contribution in [2.24, 2.45) is 0 Å². The first-order chi connectivity index (χ1) is 16.6. The number of aromatic nitrogens is 3. The van der Waals surface area contributed by atoms with E-state index in [1.165, 1.54) is 12.4 Å². The lowest BCUT2D eigenvalue weighted by Gasteiger charge is -2.47. The molecule has 6 rings (SSSR count). The number of carbonyl (C=O) groups is 1. The lowest BCUT2D eigenvalue weighted by Crippen LogP contribution is -2.63. The van der Waals surface area contributed by atoms with Gasteiger partial charge in [0.25, 0.3) is 0 Å². The summed E-state index contributed by atoms with van der Waals surface area (Å²) in [6.45, 7) is 4.92. The first-order valence-electron chi connectivity index (χ1n) is 11.2. The number of anilines is 1. The van der Waals surface area contributed by atoms with Crippen LogP contribution in [0, 0.1) is 5.82 Å². The van der Waals surface area contributed by atoms with Gasteiger partial charge in [0.1, 0.15) is 29.1 Å². The highest BCUT2D eigenvalue weighted by Crippen LogP contribution is 2.40. The summed E-state index contributed by atoms with van der Waals surface area (Å²) in [6, 6.07) is 11.7. The van der Waals surface area contributed by atoms with Crippen LogP contribution in [0.25, 0.3) is 32.9 Å². The van der Waals surface area contributed by atoms with Gasteiger partial charge >= 0.3 is 0 Å². The molecule has 0 aliphatic carbocycles. The average molecular weight is 455 g/mol. The van der Waals surface area contributed by atoms with E-state index < -0.39 is 5.82 Å². The van der Waals surface area contributed by atoms with Gasteiger partial charge in [0.15, 0.2) is 5.82 Å². The normalized spacial score (nSPS) is 19.2. The smallest absolute Gasteiger partial charge is 0.246 e. The van der Waals surface area contributed by atoms with Crippen molar-refractivity contribution in [3.8, 4) is 17.0 Å². The second-order valence-corrected chi connectivity index (χ2v) is 8.58. The molecule has 2 aromatic heterocycles. The second-order valence-electron chi connectivity index (χ2n) is 8.58. The van der Waals surface area contributed by atoms with E-state index in [9.17, 15) is 4.79 Å². The van der Waals surface area contributed by atoms with E-state index in [1.807, 2.05) is 41.3 Å². The number of carbonyl (C=O) groups excluding carboxylic acids is 1. The monoisotopic (exact) mass is 455 g/mol. The van der Waals surface area contributed by atoms with Gasteiger partial charge in [-0.2, -0.15) is 0 Å². The van der Waals surface area contributed by atoms with Crippen molar-refractivity contribution in [3.05, 3.63) is 67.4 Å². The van der Waals surface area contributed by atoms with Crippen molar-refractivity contribution in [1.29, 1.82) is 0 Å². The highest BCUT2D eigenvalue weighted by atomic mass is 19.1. The Morgan fingerprint density at radius 3 is 2.88 bits per heavy atom. The second kappa shape index (κ2) is 7.76. The van der Waals surface area contributed by atoms with Crippen LogP contribution < -0.4 is 9.64 Å². The molecule has 0 spiro atoms. The van der Waals surface area contributed by atoms with Crippen LogP contribution in [0.3, 0.4) is 0 Å². The largest absolute Gasteiger partial charge is 0.497 e. The van der Waals surface area contributed by atoms with Crippen LogP contribution in [0.2, 0.25) is 0 Å². The van der Waals surface area contributed by atoms with Gasteiger partial charge in [0.05, 0.1) is 24.6 Å². The third-order valence-corrected chi connectivity index (χ3v) is 6.97. The number of methoxy groups -OCH3 is 1. The summed E-state index contributed by atoms with van der Waals surface area (Å²) in [5.74, 6) is 0.864. The molecular weight excluding hydrogens is 433 g/mol. The Bertz CT molecular complexity index is 1470. The fourth-order valence-corrected chi connectivity index (χ4v) is 5.24. The fourth-order valence-electron chi connectivity index (χ4n) is 5.24. The maximum atomic E-state index is 15.8. The number of hydrogen-bond acceptors (Lipinski definition) is 6. The lowest BCUT2D eigenvalue weighted by atomic mass is 9.96. The number of ether oxygens (including phenoxy) is 1. The highest BCUT2D eigenvalue weighted by molar-refractivity contribution is 5.99. The van der Waals surface area contributed by atoms with Crippen molar-refractivity contribution in [2.75, 3.05) is 25.1 Å². The van der Waals surface area contributed by atoms with Crippen molar-refractivity contribution in [1.82, 2.24) is 19.9 Å². The van der Waals surface area contributed by atoms with Gasteiger partial charge in [0, 0.05) is 24.8 Å². The van der Waals surface area contributed by atoms with Crippen molar-refractivity contribution >= 4 is 33.4 Å². The number of benzene rings is 2. The van der Waals surface area contributed by atoms with E-state index in [1.54, 1.807) is 13.3 Å². The van der Waals surface area contributed by atoms with Crippen molar-refractivity contribution < 1.29 is 13.9 Å². The minimum absolute atomic E-state index is 0.0512. The van der Waals surface area contributed by atoms with E-state index in [0.29, 0.717) is 29.9 Å². The van der Waals surface area contributed by atoms with Gasteiger partial charge in [-0.05, 0) is 35.4 Å². The van der Waals surface area contributed by atoms with Gasteiger partial charge in [-0.3, -0.25) is 9.78 Å². The molecule has 34 heavy (non-hydrogen) atoms. The highest BCUT2D eigenvalue weighted by Gasteiger charge is 2.49. The molecule has 2 aliphatic heterocycles. The SMILES string of the molecule is C=CC(=O)N1CC[C@@H]2[C@H]1CN2c1ncnc2c(F)c(-c3cccc4cc(OC)ccc34)ncc12. The third-order valence-electron chi connectivity index (χ3n) is 6.97. The lowest BCUT2D eigenvalue weighted by molar-refractivity contribution is -0.127. The third kappa shape index (κ3) is 2.95. The molecule has 2 aromatic carbocycles. The molecule has 7 nitrogen and oxygen atoms in total. The van der Waals surface area contributed by atoms with Crippen LogP contribution in [-0.2, 0) is 4.79 Å². The van der Waals surface area contributed by atoms with Crippen LogP contribution >= 0.6 is 0 Å². The predicted octanol–water partition coefficient (Wildman–Crippen LogP) is 3.97. The maximum absolute atomic E-state index is 15.8. The Labute approximate surface area is 195 Å². The number of nitrogens with zero attached hydrogens (tertiary/aromatic N) is 5. The zero-order valence-electron chi connectivity index (χ0n) is 18.6. The standard InChI is InChI=1S/C26H22FN5O2/c1-3-22(33)31-10-9-20-21(31)13-32(20)26-19-12-28-24(23(27)25(19)29-14-30-26)18-6-4-5-15-11-16(34-2)7-8-17(15)18/h3-8,11-12,14,20-21H,1,9-10,13H2,2H3/t20-,21-/m1/s1. The van der Waals surface area contributed by atoms with Crippen LogP contribution in [0.1, 0.15) is 6.42 Å². The molecule has 0 unspecified atom stereocenters. The van der Waals surface area contributed by atoms with E-state index in [0.717, 1.165) is 22.9 Å². The molecule has 2 saturated heterocycles. The summed E-state index contributed by atoms with van der Waals surface area (Å²) in [5, 5.41) is 2.39. The molecular formula is C26H22FN5O2. The fraction of sp³-hybridized carbons (Fsp3) is 0.231. The zero-order valence-corrected chi connectivity index (χ0v) is 18.6. The summed E-state index contributed by atoms with van der Waals surface area (Å²) in [5.41, 5.74) is 1.18. The maximum Gasteiger partial charge on any atom is 0.246 e. The topological polar surface area (TPSA) is 71.5 Å². The van der Waals surface area contributed by atoms with Gasteiger partial charge in [-0.1, -0.05) is 30.8 Å². The van der Waals surface area contributed by atoms with E-state index in [2.05, 4.69) is 26.4 Å². The molecule has 2 atom stereocenters. The number of pyridine rings is 1. The molecule has 0 N–H and O–H groups in total. The minimum Gasteiger partial charge on any atom is -0.497 e. The number of rotatable bonds is 4. The molecule has 1 amide bonds. The number of halogens is 1. The molecule has 8 heteroatoms. The first-order valence-corrected chi connectivity index (χ1v) is 11.2. The van der Waals surface area contributed by atoms with Crippen molar-refractivity contribution in [3.63, 3.8) is 0 Å². The summed E-state index contributed by atoms with van der Waals surface area (Å²) >= 11 is 0. The van der Waals surface area contributed by atoms with Gasteiger partial charge in [-0.25, -0.2) is 14.4 Å². The summed E-state index contributed by atoms with van der Waals surface area (Å²) in [6.07, 6.45) is 5.24. The minimum atomic E-state index is -0.476. The quantitative estimate of drug-likeness (QED) is 0.434. The predicted molar refractivity (Wildman–Crippen MR) is 128 cm³/mol. The Morgan fingerprint density at radius 1 is 1.18 bits per heavy atom. The van der Waals surface area contributed by atoms with E-state index >= 15 is 4.39 Å². The molecule has 0 bridgehead atoms. The van der Waals surface area contributed by atoms with Crippen LogP contribution in [-0.4, -0.2) is 58.0 Å². The molecule has 2 fully saturated rings. The van der Waals surface area contributed by atoms with E-state index in [-0.39, 0.29) is 29.2 Å². The van der Waals surface area contributed by atoms with Crippen LogP contribution in [0.4, 0.5) is 10.2 Å². The average Bonchev–Trinajstić information content (AvgIpc) is 3.19. The van der Waals surface area contributed by atoms with Crippen LogP contribution in [0.5, 0.6) is 5.75 Å². The van der Waals surface area contributed by atoms with Gasteiger partial charge < -0.3 is 14.5 Å². The molecule has 170 valence electrons. The number of amides is 1.